The number of esters is 1. The Hall–Kier alpha value is -3.44. The van der Waals surface area contributed by atoms with Crippen LogP contribution < -0.4 is 10.2 Å². The molecule has 0 atom stereocenters. The van der Waals surface area contributed by atoms with Crippen molar-refractivity contribution < 1.29 is 23.8 Å². The first-order valence-corrected chi connectivity index (χ1v) is 8.54. The number of rotatable bonds is 7. The molecule has 0 bridgehead atoms. The van der Waals surface area contributed by atoms with E-state index in [-0.39, 0.29) is 36.8 Å². The van der Waals surface area contributed by atoms with E-state index in [1.807, 2.05) is 0 Å². The molecule has 0 aromatic heterocycles. The summed E-state index contributed by atoms with van der Waals surface area (Å²) in [4.78, 5) is 25.1. The first kappa shape index (κ1) is 20.9. The Kier molecular flexibility index (Phi) is 7.48. The number of aliphatic hydroxyl groups excluding tert-OH is 1. The highest BCUT2D eigenvalue weighted by Gasteiger charge is 2.19. The number of urea groups is 1. The molecule has 0 radical (unpaired) electrons. The van der Waals surface area contributed by atoms with Crippen molar-refractivity contribution in [2.75, 3.05) is 25.2 Å². The van der Waals surface area contributed by atoms with Crippen molar-refractivity contribution in [3.05, 3.63) is 59.4 Å². The van der Waals surface area contributed by atoms with Crippen molar-refractivity contribution in [1.29, 1.82) is 5.26 Å². The zero-order valence-corrected chi connectivity index (χ0v) is 15.3. The molecule has 2 N–H and O–H groups in total. The van der Waals surface area contributed by atoms with Crippen LogP contribution in [0.5, 0.6) is 0 Å². The lowest BCUT2D eigenvalue weighted by atomic mass is 10.1. The van der Waals surface area contributed by atoms with E-state index in [0.29, 0.717) is 12.1 Å². The number of ether oxygens (including phenoxy) is 1. The van der Waals surface area contributed by atoms with Gasteiger partial charge in [-0.3, -0.25) is 9.69 Å². The molecule has 0 aliphatic rings. The third-order valence-electron chi connectivity index (χ3n) is 3.96. The second kappa shape index (κ2) is 10.0. The molecule has 28 heavy (non-hydrogen) atoms. The lowest BCUT2D eigenvalue weighted by Gasteiger charge is -2.23. The fourth-order valence-electron chi connectivity index (χ4n) is 2.52. The molecule has 8 heteroatoms. The van der Waals surface area contributed by atoms with Crippen LogP contribution >= 0.6 is 0 Å². The number of hydrogen-bond acceptors (Lipinski definition) is 5. The van der Waals surface area contributed by atoms with Gasteiger partial charge in [0.05, 0.1) is 30.7 Å². The van der Waals surface area contributed by atoms with Gasteiger partial charge in [-0.25, -0.2) is 9.18 Å². The summed E-state index contributed by atoms with van der Waals surface area (Å²) in [6, 6.07) is 11.9. The topological polar surface area (TPSA) is 103 Å². The van der Waals surface area contributed by atoms with Crippen molar-refractivity contribution in [3.63, 3.8) is 0 Å². The van der Waals surface area contributed by atoms with E-state index < -0.39 is 11.8 Å². The Balaban J connectivity index is 2.31. The number of hydrogen-bond donors (Lipinski definition) is 2. The van der Waals surface area contributed by atoms with Gasteiger partial charge < -0.3 is 15.2 Å². The number of nitriles is 1. The lowest BCUT2D eigenvalue weighted by molar-refractivity contribution is -0.140. The van der Waals surface area contributed by atoms with Gasteiger partial charge in [-0.1, -0.05) is 12.1 Å². The molecule has 2 rings (SSSR count). The molecular formula is C20H20FN3O4. The fraction of sp³-hybridized carbons (Fsp3) is 0.250. The normalized spacial score (nSPS) is 10.1. The first-order valence-electron chi connectivity index (χ1n) is 8.54. The van der Waals surface area contributed by atoms with Crippen molar-refractivity contribution in [3.8, 4) is 6.07 Å². The number of nitrogens with zero attached hydrogens (tertiary/aromatic N) is 2. The molecule has 0 fully saturated rings. The summed E-state index contributed by atoms with van der Waals surface area (Å²) in [7, 11) is 1.32. The second-order valence-corrected chi connectivity index (χ2v) is 5.81. The maximum absolute atomic E-state index is 14.1. The number of aliphatic hydroxyl groups is 1. The molecule has 0 spiro atoms. The van der Waals surface area contributed by atoms with Crippen molar-refractivity contribution in [1.82, 2.24) is 5.32 Å². The van der Waals surface area contributed by atoms with Gasteiger partial charge in [-0.2, -0.15) is 5.26 Å². The Bertz CT molecular complexity index is 878. The summed E-state index contributed by atoms with van der Waals surface area (Å²) >= 11 is 0. The van der Waals surface area contributed by atoms with Gasteiger partial charge in [0.1, 0.15) is 11.9 Å². The zero-order valence-electron chi connectivity index (χ0n) is 15.3. The minimum absolute atomic E-state index is 0.0330. The van der Waals surface area contributed by atoms with Crippen molar-refractivity contribution in [2.45, 2.75) is 12.8 Å². The van der Waals surface area contributed by atoms with Crippen molar-refractivity contribution >= 4 is 23.4 Å². The number of carbonyl (C=O) groups excluding carboxylic acids is 2. The van der Waals surface area contributed by atoms with Gasteiger partial charge in [-0.05, 0) is 42.3 Å². The summed E-state index contributed by atoms with van der Waals surface area (Å²) in [5, 5.41) is 20.4. The molecule has 7 nitrogen and oxygen atoms in total. The number of nitrogens with one attached hydrogen (secondary N) is 1. The average molecular weight is 385 g/mol. The van der Waals surface area contributed by atoms with Crippen LogP contribution in [0.1, 0.15) is 17.5 Å². The second-order valence-electron chi connectivity index (χ2n) is 5.81. The molecule has 2 amide bonds. The van der Waals surface area contributed by atoms with Crippen molar-refractivity contribution in [2.24, 2.45) is 0 Å². The van der Waals surface area contributed by atoms with Crippen LogP contribution in [-0.2, 0) is 16.0 Å². The smallest absolute Gasteiger partial charge is 0.326 e. The van der Waals surface area contributed by atoms with E-state index in [1.54, 1.807) is 30.3 Å². The largest absolute Gasteiger partial charge is 0.469 e. The molecule has 0 unspecified atom stereocenters. The third kappa shape index (κ3) is 5.28. The highest BCUT2D eigenvalue weighted by Crippen LogP contribution is 2.27. The SMILES string of the molecule is COC(=O)CCc1ccc(N(C(=O)NCCO)c2ccc(C#N)c(F)c2)cc1. The molecular weight excluding hydrogens is 365 g/mol. The molecule has 2 aromatic carbocycles. The van der Waals surface area contributed by atoms with Gasteiger partial charge in [0.15, 0.2) is 0 Å². The predicted octanol–water partition coefficient (Wildman–Crippen LogP) is 2.64. The Morgan fingerprint density at radius 3 is 2.46 bits per heavy atom. The summed E-state index contributed by atoms with van der Waals surface area (Å²) in [6.45, 7) is -0.209. The maximum atomic E-state index is 14.1. The van der Waals surface area contributed by atoms with Gasteiger partial charge >= 0.3 is 12.0 Å². The number of benzene rings is 2. The van der Waals surface area contributed by atoms with Crippen LogP contribution in [-0.4, -0.2) is 37.4 Å². The monoisotopic (exact) mass is 385 g/mol. The van der Waals surface area contributed by atoms with Gasteiger partial charge in [0.25, 0.3) is 0 Å². The highest BCUT2D eigenvalue weighted by molar-refractivity contribution is 5.99. The van der Waals surface area contributed by atoms with Gasteiger partial charge in [0, 0.05) is 13.0 Å². The van der Waals surface area contributed by atoms with Gasteiger partial charge in [0.2, 0.25) is 0 Å². The lowest BCUT2D eigenvalue weighted by Crippen LogP contribution is -2.38. The molecule has 0 saturated carbocycles. The number of halogens is 1. The summed E-state index contributed by atoms with van der Waals surface area (Å²) in [6.07, 6.45) is 0.715. The predicted molar refractivity (Wildman–Crippen MR) is 101 cm³/mol. The van der Waals surface area contributed by atoms with Crippen LogP contribution in [0.25, 0.3) is 0 Å². The number of aryl methyl sites for hydroxylation is 1. The third-order valence-corrected chi connectivity index (χ3v) is 3.96. The average Bonchev–Trinajstić information content (AvgIpc) is 2.71. The standard InChI is InChI=1S/C20H20FN3O4/c1-28-19(26)9-4-14-2-6-16(7-3-14)24(20(27)23-10-11-25)17-8-5-15(13-22)18(21)12-17/h2-3,5-8,12,25H,4,9-11H2,1H3,(H,23,27). The molecule has 0 saturated heterocycles. The molecule has 0 aliphatic carbocycles. The fourth-order valence-corrected chi connectivity index (χ4v) is 2.52. The number of amides is 2. The Morgan fingerprint density at radius 1 is 1.21 bits per heavy atom. The van der Waals surface area contributed by atoms with E-state index in [0.717, 1.165) is 11.6 Å². The highest BCUT2D eigenvalue weighted by atomic mass is 19.1. The van der Waals surface area contributed by atoms with Crippen LogP contribution in [0.15, 0.2) is 42.5 Å². The quantitative estimate of drug-likeness (QED) is 0.714. The summed E-state index contributed by atoms with van der Waals surface area (Å²) in [5.74, 6) is -1.06. The first-order chi connectivity index (χ1) is 13.5. The maximum Gasteiger partial charge on any atom is 0.326 e. The molecule has 146 valence electrons. The van der Waals surface area contributed by atoms with Crippen LogP contribution in [0.3, 0.4) is 0 Å². The number of carbonyl (C=O) groups is 2. The van der Waals surface area contributed by atoms with E-state index in [9.17, 15) is 14.0 Å². The summed E-state index contributed by atoms with van der Waals surface area (Å²) < 4.78 is 18.7. The van der Waals surface area contributed by atoms with E-state index in [1.165, 1.54) is 24.1 Å². The molecule has 2 aromatic rings. The number of anilines is 2. The van der Waals surface area contributed by atoms with E-state index in [4.69, 9.17) is 10.4 Å². The van der Waals surface area contributed by atoms with Crippen LogP contribution in [0.2, 0.25) is 0 Å². The molecule has 0 aliphatic heterocycles. The zero-order chi connectivity index (χ0) is 20.5. The van der Waals surface area contributed by atoms with E-state index >= 15 is 0 Å². The minimum atomic E-state index is -0.741. The molecule has 0 heterocycles. The van der Waals surface area contributed by atoms with Crippen LogP contribution in [0.4, 0.5) is 20.6 Å². The van der Waals surface area contributed by atoms with E-state index in [2.05, 4.69) is 10.1 Å². The number of methoxy groups -OCH3 is 1. The van der Waals surface area contributed by atoms with Crippen LogP contribution in [0, 0.1) is 17.1 Å². The summed E-state index contributed by atoms with van der Waals surface area (Å²) in [5.41, 5.74) is 1.43. The Labute approximate surface area is 162 Å². The minimum Gasteiger partial charge on any atom is -0.469 e. The van der Waals surface area contributed by atoms with Gasteiger partial charge in [-0.15, -0.1) is 0 Å². The Morgan fingerprint density at radius 2 is 1.89 bits per heavy atom.